The SMILES string of the molecule is Fc1cc(-c2cccc(-c3ccc4c(c3)sc3ccccc34)c2)ccc1-c1cccc(-c2cccc(-c3ccc4c(c3)sc3ccccc34)c2)c1. The summed E-state index contributed by atoms with van der Waals surface area (Å²) in [6.45, 7) is 0. The largest absolute Gasteiger partial charge is 0.206 e. The van der Waals surface area contributed by atoms with E-state index >= 15 is 4.39 Å². The van der Waals surface area contributed by atoms with E-state index in [1.54, 1.807) is 6.07 Å². The highest BCUT2D eigenvalue weighted by Gasteiger charge is 2.12. The number of hydrogen-bond acceptors (Lipinski definition) is 2. The van der Waals surface area contributed by atoms with Crippen LogP contribution in [-0.2, 0) is 0 Å². The summed E-state index contributed by atoms with van der Waals surface area (Å²) in [5, 5.41) is 5.20. The second kappa shape index (κ2) is 12.2. The number of thiophene rings is 2. The lowest BCUT2D eigenvalue weighted by Gasteiger charge is -2.11. The van der Waals surface area contributed by atoms with Crippen LogP contribution in [0.4, 0.5) is 4.39 Å². The first kappa shape index (κ1) is 30.0. The van der Waals surface area contributed by atoms with Crippen molar-refractivity contribution < 1.29 is 4.39 Å². The van der Waals surface area contributed by atoms with Crippen LogP contribution in [0.25, 0.3) is 96.0 Å². The van der Waals surface area contributed by atoms with Gasteiger partial charge >= 0.3 is 0 Å². The number of hydrogen-bond donors (Lipinski definition) is 0. The molecule has 0 saturated heterocycles. The Bertz CT molecular complexity index is 2940. The molecule has 0 aliphatic rings. The third-order valence-corrected chi connectivity index (χ3v) is 12.2. The third kappa shape index (κ3) is 5.34. The molecule has 0 unspecified atom stereocenters. The molecule has 0 aliphatic carbocycles. The van der Waals surface area contributed by atoms with Crippen LogP contribution in [0.3, 0.4) is 0 Å². The van der Waals surface area contributed by atoms with Crippen LogP contribution >= 0.6 is 22.7 Å². The van der Waals surface area contributed by atoms with E-state index < -0.39 is 0 Å². The van der Waals surface area contributed by atoms with E-state index in [9.17, 15) is 0 Å². The predicted octanol–water partition coefficient (Wildman–Crippen LogP) is 14.9. The van der Waals surface area contributed by atoms with Gasteiger partial charge in [0, 0.05) is 45.9 Å². The lowest BCUT2D eigenvalue weighted by Crippen LogP contribution is -1.88. The lowest BCUT2D eigenvalue weighted by atomic mass is 9.94. The molecule has 0 amide bonds. The van der Waals surface area contributed by atoms with Gasteiger partial charge < -0.3 is 0 Å². The molecule has 10 aromatic rings. The van der Waals surface area contributed by atoms with Crippen LogP contribution < -0.4 is 0 Å². The van der Waals surface area contributed by atoms with Crippen molar-refractivity contribution in [1.82, 2.24) is 0 Å². The fourth-order valence-electron chi connectivity index (χ4n) is 7.36. The fourth-order valence-corrected chi connectivity index (χ4v) is 9.65. The summed E-state index contributed by atoms with van der Waals surface area (Å²) in [4.78, 5) is 0. The van der Waals surface area contributed by atoms with Gasteiger partial charge in [-0.3, -0.25) is 0 Å². The van der Waals surface area contributed by atoms with Crippen LogP contribution in [0.5, 0.6) is 0 Å². The van der Waals surface area contributed by atoms with Crippen LogP contribution in [0.15, 0.2) is 176 Å². The van der Waals surface area contributed by atoms with Gasteiger partial charge in [-0.1, -0.05) is 127 Å². The zero-order valence-corrected chi connectivity index (χ0v) is 29.1. The molecule has 51 heavy (non-hydrogen) atoms. The molecule has 8 aromatic carbocycles. The Hall–Kier alpha value is -5.87. The Balaban J connectivity index is 0.941. The van der Waals surface area contributed by atoms with Gasteiger partial charge in [-0.2, -0.15) is 0 Å². The van der Waals surface area contributed by atoms with Crippen LogP contribution in [0.2, 0.25) is 0 Å². The van der Waals surface area contributed by atoms with Crippen molar-refractivity contribution in [2.45, 2.75) is 0 Å². The number of benzene rings is 8. The number of fused-ring (bicyclic) bond motifs is 6. The normalized spacial score (nSPS) is 11.6. The summed E-state index contributed by atoms with van der Waals surface area (Å²) in [6.07, 6.45) is 0. The van der Waals surface area contributed by atoms with Gasteiger partial charge in [0.2, 0.25) is 0 Å². The van der Waals surface area contributed by atoms with Crippen LogP contribution in [0.1, 0.15) is 0 Å². The topological polar surface area (TPSA) is 0 Å². The summed E-state index contributed by atoms with van der Waals surface area (Å²) >= 11 is 3.66. The van der Waals surface area contributed by atoms with E-state index in [0.29, 0.717) is 5.56 Å². The molecule has 0 aliphatic heterocycles. The Kier molecular flexibility index (Phi) is 7.16. The van der Waals surface area contributed by atoms with E-state index in [-0.39, 0.29) is 5.82 Å². The zero-order valence-electron chi connectivity index (χ0n) is 27.4. The smallest absolute Gasteiger partial charge is 0.131 e. The van der Waals surface area contributed by atoms with Crippen LogP contribution in [0, 0.1) is 5.82 Å². The van der Waals surface area contributed by atoms with E-state index in [0.717, 1.165) is 38.9 Å². The van der Waals surface area contributed by atoms with Crippen molar-refractivity contribution in [1.29, 1.82) is 0 Å². The zero-order chi connectivity index (χ0) is 33.9. The molecular formula is C48H29FS2. The average Bonchev–Trinajstić information content (AvgIpc) is 3.75. The second-order valence-corrected chi connectivity index (χ2v) is 15.2. The van der Waals surface area contributed by atoms with Gasteiger partial charge in [-0.25, -0.2) is 4.39 Å². The lowest BCUT2D eigenvalue weighted by molar-refractivity contribution is 0.632. The quantitative estimate of drug-likeness (QED) is 0.169. The standard InChI is InChI=1S/C48H29FS2/c49-44-27-35(31-9-6-11-33(25-31)37-20-23-43-41-15-2-4-17-46(41)51-48(43)29-37)18-21-39(44)38-13-7-12-34(26-38)30-8-5-10-32(24-30)36-19-22-42-40-14-1-3-16-45(40)50-47(42)28-36/h1-29H. The Morgan fingerprint density at radius 2 is 0.647 bits per heavy atom. The van der Waals surface area contributed by atoms with Gasteiger partial charge in [0.25, 0.3) is 0 Å². The van der Waals surface area contributed by atoms with Gasteiger partial charge in [0.05, 0.1) is 0 Å². The van der Waals surface area contributed by atoms with Gasteiger partial charge in [-0.15, -0.1) is 22.7 Å². The highest BCUT2D eigenvalue weighted by Crippen LogP contribution is 2.39. The summed E-state index contributed by atoms with van der Waals surface area (Å²) < 4.78 is 21.1. The minimum atomic E-state index is -0.230. The maximum Gasteiger partial charge on any atom is 0.131 e. The second-order valence-electron chi connectivity index (χ2n) is 13.1. The number of rotatable bonds is 5. The van der Waals surface area contributed by atoms with Crippen LogP contribution in [-0.4, -0.2) is 0 Å². The Labute approximate surface area is 303 Å². The molecule has 2 heterocycles. The molecule has 0 radical (unpaired) electrons. The molecular weight excluding hydrogens is 660 g/mol. The highest BCUT2D eigenvalue weighted by atomic mass is 32.1. The van der Waals surface area contributed by atoms with E-state index in [2.05, 4.69) is 146 Å². The summed E-state index contributed by atoms with van der Waals surface area (Å²) in [6, 6.07) is 61.5. The van der Waals surface area contributed by atoms with Gasteiger partial charge in [0.1, 0.15) is 5.82 Å². The molecule has 0 nitrogen and oxygen atoms in total. The molecule has 10 rings (SSSR count). The maximum atomic E-state index is 15.9. The fraction of sp³-hybridized carbons (Fsp3) is 0. The van der Waals surface area contributed by atoms with Crippen molar-refractivity contribution in [3.8, 4) is 55.6 Å². The van der Waals surface area contributed by atoms with Crippen molar-refractivity contribution in [2.24, 2.45) is 0 Å². The van der Waals surface area contributed by atoms with Crippen molar-refractivity contribution >= 4 is 63.0 Å². The molecule has 0 bridgehead atoms. The van der Waals surface area contributed by atoms with Crippen molar-refractivity contribution in [3.63, 3.8) is 0 Å². The van der Waals surface area contributed by atoms with E-state index in [1.165, 1.54) is 51.5 Å². The van der Waals surface area contributed by atoms with Gasteiger partial charge in [-0.05, 0) is 98.6 Å². The first-order valence-electron chi connectivity index (χ1n) is 17.1. The summed E-state index contributed by atoms with van der Waals surface area (Å²) in [7, 11) is 0. The summed E-state index contributed by atoms with van der Waals surface area (Å²) in [5.74, 6) is -0.230. The molecule has 240 valence electrons. The van der Waals surface area contributed by atoms with Crippen molar-refractivity contribution in [2.75, 3.05) is 0 Å². The Morgan fingerprint density at radius 3 is 1.14 bits per heavy atom. The molecule has 0 atom stereocenters. The Morgan fingerprint density at radius 1 is 0.275 bits per heavy atom. The van der Waals surface area contributed by atoms with Crippen molar-refractivity contribution in [3.05, 3.63) is 182 Å². The highest BCUT2D eigenvalue weighted by molar-refractivity contribution is 7.26. The number of halogens is 1. The molecule has 0 saturated carbocycles. The molecule has 0 N–H and O–H groups in total. The van der Waals surface area contributed by atoms with E-state index in [1.807, 2.05) is 46.9 Å². The monoisotopic (exact) mass is 688 g/mol. The molecule has 2 aromatic heterocycles. The molecule has 0 fully saturated rings. The van der Waals surface area contributed by atoms with Gasteiger partial charge in [0.15, 0.2) is 0 Å². The minimum Gasteiger partial charge on any atom is -0.206 e. The summed E-state index contributed by atoms with van der Waals surface area (Å²) in [5.41, 5.74) is 10.1. The molecule has 3 heteroatoms. The first-order valence-corrected chi connectivity index (χ1v) is 18.7. The third-order valence-electron chi connectivity index (χ3n) is 9.96. The molecule has 0 spiro atoms. The van der Waals surface area contributed by atoms with E-state index in [4.69, 9.17) is 0 Å². The average molecular weight is 689 g/mol. The maximum absolute atomic E-state index is 15.9. The first-order chi connectivity index (χ1) is 25.1. The predicted molar refractivity (Wildman–Crippen MR) is 219 cm³/mol. The minimum absolute atomic E-state index is 0.230.